The predicted molar refractivity (Wildman–Crippen MR) is 67.5 cm³/mol. The number of thiol groups is 1. The minimum atomic E-state index is -3.01. The van der Waals surface area contributed by atoms with E-state index in [1.54, 1.807) is 0 Å². The van der Waals surface area contributed by atoms with Crippen molar-refractivity contribution < 1.29 is 13.2 Å². The molecule has 0 aliphatic carbocycles. The maximum atomic E-state index is 11.3. The fraction of sp³-hybridized carbons (Fsp3) is 1.00. The van der Waals surface area contributed by atoms with Gasteiger partial charge in [-0.15, -0.1) is 0 Å². The highest BCUT2D eigenvalue weighted by molar-refractivity contribution is 7.88. The van der Waals surface area contributed by atoms with Crippen molar-refractivity contribution in [1.82, 2.24) is 9.21 Å². The van der Waals surface area contributed by atoms with Gasteiger partial charge in [0, 0.05) is 38.5 Å². The molecule has 1 rings (SSSR count). The van der Waals surface area contributed by atoms with Crippen molar-refractivity contribution in [2.75, 3.05) is 57.9 Å². The van der Waals surface area contributed by atoms with Crippen LogP contribution in [0, 0.1) is 0 Å². The first-order valence-corrected chi connectivity index (χ1v) is 7.88. The Morgan fingerprint density at radius 1 is 1.19 bits per heavy atom. The first kappa shape index (κ1) is 14.2. The molecule has 1 aliphatic rings. The van der Waals surface area contributed by atoms with Crippen LogP contribution in [0.25, 0.3) is 0 Å². The average molecular weight is 268 g/mol. The Hall–Kier alpha value is 0.180. The predicted octanol–water partition coefficient (Wildman–Crippen LogP) is -0.490. The Morgan fingerprint density at radius 2 is 1.81 bits per heavy atom. The van der Waals surface area contributed by atoms with Gasteiger partial charge < -0.3 is 4.74 Å². The van der Waals surface area contributed by atoms with Crippen LogP contribution in [0.4, 0.5) is 0 Å². The molecule has 0 unspecified atom stereocenters. The van der Waals surface area contributed by atoms with E-state index in [1.807, 2.05) is 0 Å². The standard InChI is InChI=1S/C9H20N2O3S2/c1-16(12,13)11-4-2-10(3-5-11)6-7-14-8-9-15/h15H,2-9H2,1H3. The molecule has 0 bridgehead atoms. The normalized spacial score (nSPS) is 20.1. The summed E-state index contributed by atoms with van der Waals surface area (Å²) in [4.78, 5) is 2.22. The number of hydrogen-bond acceptors (Lipinski definition) is 5. The zero-order valence-corrected chi connectivity index (χ0v) is 11.3. The molecule has 1 aliphatic heterocycles. The van der Waals surface area contributed by atoms with Gasteiger partial charge in [0.15, 0.2) is 0 Å². The third kappa shape index (κ3) is 5.01. The van der Waals surface area contributed by atoms with Crippen LogP contribution >= 0.6 is 12.6 Å². The highest BCUT2D eigenvalue weighted by atomic mass is 32.2. The van der Waals surface area contributed by atoms with Crippen LogP contribution in [-0.4, -0.2) is 75.6 Å². The number of nitrogens with zero attached hydrogens (tertiary/aromatic N) is 2. The average Bonchev–Trinajstić information content (AvgIpc) is 2.24. The van der Waals surface area contributed by atoms with Gasteiger partial charge in [-0.25, -0.2) is 8.42 Å². The summed E-state index contributed by atoms with van der Waals surface area (Å²) >= 11 is 4.05. The molecule has 1 saturated heterocycles. The summed E-state index contributed by atoms with van der Waals surface area (Å²) in [5, 5.41) is 0. The van der Waals surface area contributed by atoms with Crippen molar-refractivity contribution in [3.63, 3.8) is 0 Å². The summed E-state index contributed by atoms with van der Waals surface area (Å²) < 4.78 is 29.4. The summed E-state index contributed by atoms with van der Waals surface area (Å²) in [6.07, 6.45) is 1.26. The van der Waals surface area contributed by atoms with Gasteiger partial charge in [-0.1, -0.05) is 0 Å². The molecule has 0 radical (unpaired) electrons. The lowest BCUT2D eigenvalue weighted by atomic mass is 10.3. The van der Waals surface area contributed by atoms with Gasteiger partial charge in [-0.2, -0.15) is 16.9 Å². The third-order valence-electron chi connectivity index (χ3n) is 2.59. The molecule has 0 saturated carbocycles. The molecule has 96 valence electrons. The summed E-state index contributed by atoms with van der Waals surface area (Å²) in [5.41, 5.74) is 0. The molecule has 16 heavy (non-hydrogen) atoms. The molecule has 1 heterocycles. The molecule has 0 aromatic carbocycles. The topological polar surface area (TPSA) is 49.9 Å². The van der Waals surface area contributed by atoms with E-state index in [9.17, 15) is 8.42 Å². The fourth-order valence-electron chi connectivity index (χ4n) is 1.65. The van der Waals surface area contributed by atoms with E-state index in [0.29, 0.717) is 26.3 Å². The fourth-order valence-corrected chi connectivity index (χ4v) is 2.60. The number of ether oxygens (including phenoxy) is 1. The minimum absolute atomic E-state index is 0.589. The molecular weight excluding hydrogens is 248 g/mol. The summed E-state index contributed by atoms with van der Waals surface area (Å²) in [7, 11) is -3.01. The van der Waals surface area contributed by atoms with Gasteiger partial charge in [-0.3, -0.25) is 4.90 Å². The van der Waals surface area contributed by atoms with Crippen molar-refractivity contribution in [3.8, 4) is 0 Å². The molecule has 0 atom stereocenters. The van der Waals surface area contributed by atoms with Crippen molar-refractivity contribution in [3.05, 3.63) is 0 Å². The second-order valence-electron chi connectivity index (χ2n) is 3.84. The quantitative estimate of drug-likeness (QED) is 0.522. The highest BCUT2D eigenvalue weighted by Gasteiger charge is 2.22. The zero-order valence-electron chi connectivity index (χ0n) is 9.63. The Kier molecular flexibility index (Phi) is 6.06. The van der Waals surface area contributed by atoms with Crippen molar-refractivity contribution in [2.24, 2.45) is 0 Å². The van der Waals surface area contributed by atoms with Crippen LogP contribution in [0.3, 0.4) is 0 Å². The van der Waals surface area contributed by atoms with E-state index in [2.05, 4.69) is 17.5 Å². The van der Waals surface area contributed by atoms with Crippen LogP contribution in [0.1, 0.15) is 0 Å². The van der Waals surface area contributed by atoms with E-state index >= 15 is 0 Å². The van der Waals surface area contributed by atoms with Gasteiger partial charge in [0.2, 0.25) is 10.0 Å². The molecular formula is C9H20N2O3S2. The SMILES string of the molecule is CS(=O)(=O)N1CCN(CCOCCS)CC1. The monoisotopic (exact) mass is 268 g/mol. The van der Waals surface area contributed by atoms with E-state index in [1.165, 1.54) is 10.6 Å². The molecule has 0 aromatic heterocycles. The Bertz CT molecular complexity index is 287. The number of piperazine rings is 1. The summed E-state index contributed by atoms with van der Waals surface area (Å²) in [5.74, 6) is 0.738. The molecule has 0 amide bonds. The Balaban J connectivity index is 2.17. The Morgan fingerprint density at radius 3 is 2.31 bits per heavy atom. The van der Waals surface area contributed by atoms with Crippen molar-refractivity contribution in [2.45, 2.75) is 0 Å². The lowest BCUT2D eigenvalue weighted by Crippen LogP contribution is -2.49. The van der Waals surface area contributed by atoms with Gasteiger partial charge in [0.05, 0.1) is 19.5 Å². The van der Waals surface area contributed by atoms with Crippen LogP contribution < -0.4 is 0 Å². The van der Waals surface area contributed by atoms with Gasteiger partial charge in [0.25, 0.3) is 0 Å². The molecule has 0 aromatic rings. The molecule has 0 spiro atoms. The lowest BCUT2D eigenvalue weighted by molar-refractivity contribution is 0.0995. The Labute approximate surface area is 103 Å². The number of rotatable bonds is 6. The van der Waals surface area contributed by atoms with Gasteiger partial charge in [-0.05, 0) is 0 Å². The maximum absolute atomic E-state index is 11.3. The number of hydrogen-bond donors (Lipinski definition) is 1. The van der Waals surface area contributed by atoms with E-state index in [4.69, 9.17) is 4.74 Å². The maximum Gasteiger partial charge on any atom is 0.211 e. The zero-order chi connectivity index (χ0) is 12.0. The van der Waals surface area contributed by atoms with Crippen molar-refractivity contribution in [1.29, 1.82) is 0 Å². The van der Waals surface area contributed by atoms with E-state index < -0.39 is 10.0 Å². The molecule has 7 heteroatoms. The molecule has 5 nitrogen and oxygen atoms in total. The third-order valence-corrected chi connectivity index (χ3v) is 4.07. The van der Waals surface area contributed by atoms with E-state index in [0.717, 1.165) is 25.4 Å². The van der Waals surface area contributed by atoms with Gasteiger partial charge >= 0.3 is 0 Å². The molecule has 0 N–H and O–H groups in total. The molecule has 1 fully saturated rings. The summed E-state index contributed by atoms with van der Waals surface area (Å²) in [6, 6.07) is 0. The first-order chi connectivity index (χ1) is 7.54. The van der Waals surface area contributed by atoms with Gasteiger partial charge in [0.1, 0.15) is 0 Å². The second-order valence-corrected chi connectivity index (χ2v) is 6.27. The van der Waals surface area contributed by atoms with Crippen LogP contribution in [0.15, 0.2) is 0 Å². The highest BCUT2D eigenvalue weighted by Crippen LogP contribution is 2.05. The van der Waals surface area contributed by atoms with Crippen LogP contribution in [0.2, 0.25) is 0 Å². The van der Waals surface area contributed by atoms with Crippen LogP contribution in [0.5, 0.6) is 0 Å². The minimum Gasteiger partial charge on any atom is -0.379 e. The largest absolute Gasteiger partial charge is 0.379 e. The summed E-state index contributed by atoms with van der Waals surface area (Å²) in [6.45, 7) is 4.99. The number of sulfonamides is 1. The smallest absolute Gasteiger partial charge is 0.211 e. The van der Waals surface area contributed by atoms with Crippen LogP contribution in [-0.2, 0) is 14.8 Å². The first-order valence-electron chi connectivity index (χ1n) is 5.40. The lowest BCUT2D eigenvalue weighted by Gasteiger charge is -2.33. The van der Waals surface area contributed by atoms with Crippen molar-refractivity contribution >= 4 is 22.7 Å². The van der Waals surface area contributed by atoms with E-state index in [-0.39, 0.29) is 0 Å². The second kappa shape index (κ2) is 6.80.